The van der Waals surface area contributed by atoms with E-state index in [0.717, 1.165) is 0 Å². The Labute approximate surface area is 96.0 Å². The van der Waals surface area contributed by atoms with Crippen LogP contribution in [0.2, 0.25) is 0 Å². The molecule has 0 unspecified atom stereocenters. The van der Waals surface area contributed by atoms with E-state index in [0.29, 0.717) is 5.75 Å². The maximum Gasteiger partial charge on any atom is 0.399 e. The molecule has 1 rings (SSSR count). The molecule has 0 fully saturated rings. The van der Waals surface area contributed by atoms with Gasteiger partial charge in [0.15, 0.2) is 0 Å². The van der Waals surface area contributed by atoms with Gasteiger partial charge in [-0.2, -0.15) is 8.42 Å². The largest absolute Gasteiger partial charge is 0.508 e. The van der Waals surface area contributed by atoms with Gasteiger partial charge in [-0.25, -0.2) is 8.37 Å². The third-order valence-electron chi connectivity index (χ3n) is 1.28. The average molecular weight is 248 g/mol. The highest BCUT2D eigenvalue weighted by molar-refractivity contribution is 7.81. The minimum absolute atomic E-state index is 0.113. The molecule has 1 aromatic carbocycles. The third-order valence-corrected chi connectivity index (χ3v) is 2.33. The minimum Gasteiger partial charge on any atom is -0.508 e. The van der Waals surface area contributed by atoms with E-state index in [4.69, 9.17) is 5.11 Å². The zero-order chi connectivity index (χ0) is 12.4. The van der Waals surface area contributed by atoms with Crippen LogP contribution in [-0.2, 0) is 18.8 Å². The fourth-order valence-electron chi connectivity index (χ4n) is 0.751. The molecule has 0 saturated heterocycles. The molecule has 16 heavy (non-hydrogen) atoms. The number of hydrogen-bond acceptors (Lipinski definition) is 5. The maximum absolute atomic E-state index is 10.4. The summed E-state index contributed by atoms with van der Waals surface area (Å²) in [7, 11) is -3.68. The van der Waals surface area contributed by atoms with E-state index in [9.17, 15) is 8.42 Å². The average Bonchev–Trinajstić information content (AvgIpc) is 2.19. The summed E-state index contributed by atoms with van der Waals surface area (Å²) in [6.45, 7) is 3.39. The lowest BCUT2D eigenvalue weighted by atomic mass is 10.3. The van der Waals surface area contributed by atoms with Crippen molar-refractivity contribution in [3.05, 3.63) is 30.3 Å². The Morgan fingerprint density at radius 1 is 1.06 bits per heavy atom. The second-order valence-corrected chi connectivity index (χ2v) is 3.84. The predicted octanol–water partition coefficient (Wildman–Crippen LogP) is 1.70. The van der Waals surface area contributed by atoms with Gasteiger partial charge in [0, 0.05) is 0 Å². The second-order valence-electron chi connectivity index (χ2n) is 2.56. The quantitative estimate of drug-likeness (QED) is 0.877. The van der Waals surface area contributed by atoms with E-state index in [1.165, 1.54) is 0 Å². The lowest BCUT2D eigenvalue weighted by molar-refractivity contribution is 0.231. The Hall–Kier alpha value is -1.11. The monoisotopic (exact) mass is 248 g/mol. The molecule has 5 nitrogen and oxygen atoms in total. The van der Waals surface area contributed by atoms with Crippen LogP contribution in [0.5, 0.6) is 5.75 Å². The summed E-state index contributed by atoms with van der Waals surface area (Å²) in [5.41, 5.74) is 0. The van der Waals surface area contributed by atoms with Crippen LogP contribution in [0, 0.1) is 0 Å². The predicted molar refractivity (Wildman–Crippen MR) is 60.3 cm³/mol. The second kappa shape index (κ2) is 8.09. The van der Waals surface area contributed by atoms with Gasteiger partial charge in [0.2, 0.25) is 0 Å². The molecule has 0 amide bonds. The summed E-state index contributed by atoms with van der Waals surface area (Å²) in [6, 6.07) is 8.71. The van der Waals surface area contributed by atoms with Crippen molar-refractivity contribution in [3.63, 3.8) is 0 Å². The van der Waals surface area contributed by atoms with Crippen molar-refractivity contribution in [2.75, 3.05) is 13.2 Å². The number of hydrogen-bond donors (Lipinski definition) is 1. The molecule has 0 heterocycles. The highest BCUT2D eigenvalue weighted by Crippen LogP contribution is 2.02. The van der Waals surface area contributed by atoms with E-state index < -0.39 is 10.4 Å². The van der Waals surface area contributed by atoms with E-state index in [-0.39, 0.29) is 13.2 Å². The molecule has 92 valence electrons. The van der Waals surface area contributed by atoms with E-state index in [1.807, 2.05) is 6.07 Å². The van der Waals surface area contributed by atoms with Gasteiger partial charge in [-0.05, 0) is 26.0 Å². The molecule has 0 aliphatic carbocycles. The first-order chi connectivity index (χ1) is 7.52. The molecular formula is C10H16O5S. The van der Waals surface area contributed by atoms with Gasteiger partial charge in [0.05, 0.1) is 13.2 Å². The van der Waals surface area contributed by atoms with Crippen LogP contribution >= 0.6 is 0 Å². The van der Waals surface area contributed by atoms with Gasteiger partial charge >= 0.3 is 10.4 Å². The molecule has 0 aromatic heterocycles. The number of aromatic hydroxyl groups is 1. The maximum atomic E-state index is 10.4. The fourth-order valence-corrected chi connectivity index (χ4v) is 1.40. The molecule has 0 saturated carbocycles. The van der Waals surface area contributed by atoms with Gasteiger partial charge in [-0.15, -0.1) is 0 Å². The molecule has 1 N–H and O–H groups in total. The van der Waals surface area contributed by atoms with Crippen LogP contribution < -0.4 is 0 Å². The van der Waals surface area contributed by atoms with Crippen molar-refractivity contribution in [2.24, 2.45) is 0 Å². The summed E-state index contributed by atoms with van der Waals surface area (Å²) in [5, 5.41) is 8.63. The van der Waals surface area contributed by atoms with Crippen molar-refractivity contribution in [1.82, 2.24) is 0 Å². The summed E-state index contributed by atoms with van der Waals surface area (Å²) in [5.74, 6) is 0.322. The summed E-state index contributed by atoms with van der Waals surface area (Å²) in [4.78, 5) is 0. The highest BCUT2D eigenvalue weighted by Gasteiger charge is 2.06. The Morgan fingerprint density at radius 3 is 1.75 bits per heavy atom. The Kier molecular flexibility index (Phi) is 7.53. The van der Waals surface area contributed by atoms with Crippen LogP contribution in [0.15, 0.2) is 30.3 Å². The molecule has 6 heteroatoms. The Balaban J connectivity index is 0.000000288. The van der Waals surface area contributed by atoms with Crippen LogP contribution in [-0.4, -0.2) is 26.7 Å². The van der Waals surface area contributed by atoms with Crippen LogP contribution in [0.1, 0.15) is 13.8 Å². The topological polar surface area (TPSA) is 72.8 Å². The number of para-hydroxylation sites is 1. The Bertz CT molecular complexity index is 348. The number of rotatable bonds is 4. The molecule has 0 aliphatic rings. The summed E-state index contributed by atoms with van der Waals surface area (Å²) < 4.78 is 29.2. The van der Waals surface area contributed by atoms with Crippen molar-refractivity contribution in [3.8, 4) is 5.75 Å². The van der Waals surface area contributed by atoms with Crippen LogP contribution in [0.25, 0.3) is 0 Å². The van der Waals surface area contributed by atoms with E-state index in [1.54, 1.807) is 38.1 Å². The minimum atomic E-state index is -3.68. The van der Waals surface area contributed by atoms with Crippen LogP contribution in [0.4, 0.5) is 0 Å². The third kappa shape index (κ3) is 8.22. The number of phenolic OH excluding ortho intramolecular Hbond substituents is 1. The zero-order valence-corrected chi connectivity index (χ0v) is 10.1. The molecule has 1 aromatic rings. The first-order valence-electron chi connectivity index (χ1n) is 4.79. The summed E-state index contributed by atoms with van der Waals surface area (Å²) in [6.07, 6.45) is 0. The molecule has 0 spiro atoms. The van der Waals surface area contributed by atoms with E-state index in [2.05, 4.69) is 8.37 Å². The van der Waals surface area contributed by atoms with Gasteiger partial charge in [-0.1, -0.05) is 18.2 Å². The van der Waals surface area contributed by atoms with Gasteiger partial charge in [0.25, 0.3) is 0 Å². The smallest absolute Gasteiger partial charge is 0.399 e. The first kappa shape index (κ1) is 14.9. The van der Waals surface area contributed by atoms with Crippen molar-refractivity contribution in [1.29, 1.82) is 0 Å². The standard InChI is InChI=1S/C6H6O.C4H10O4S/c7-6-4-2-1-3-5-6;1-3-7-9(5,6)8-4-2/h1-5,7H;3-4H2,1-2H3. The fraction of sp³-hybridized carbons (Fsp3) is 0.400. The first-order valence-corrected chi connectivity index (χ1v) is 6.13. The lowest BCUT2D eigenvalue weighted by Gasteiger charge is -1.99. The molecular weight excluding hydrogens is 232 g/mol. The number of benzene rings is 1. The normalized spacial score (nSPS) is 10.4. The van der Waals surface area contributed by atoms with E-state index >= 15 is 0 Å². The molecule has 0 aliphatic heterocycles. The molecule has 0 radical (unpaired) electrons. The Morgan fingerprint density at radius 2 is 1.50 bits per heavy atom. The lowest BCUT2D eigenvalue weighted by Crippen LogP contribution is -2.09. The van der Waals surface area contributed by atoms with Gasteiger partial charge in [-0.3, -0.25) is 0 Å². The van der Waals surface area contributed by atoms with Gasteiger partial charge < -0.3 is 5.11 Å². The number of phenols is 1. The van der Waals surface area contributed by atoms with Crippen molar-refractivity contribution >= 4 is 10.4 Å². The van der Waals surface area contributed by atoms with Gasteiger partial charge in [0.1, 0.15) is 5.75 Å². The van der Waals surface area contributed by atoms with Crippen LogP contribution in [0.3, 0.4) is 0 Å². The highest BCUT2D eigenvalue weighted by atomic mass is 32.3. The SMILES string of the molecule is CCOS(=O)(=O)OCC.Oc1ccccc1. The zero-order valence-electron chi connectivity index (χ0n) is 9.29. The van der Waals surface area contributed by atoms with Crippen molar-refractivity contribution in [2.45, 2.75) is 13.8 Å². The summed E-state index contributed by atoms with van der Waals surface area (Å²) >= 11 is 0. The molecule has 0 atom stereocenters. The molecule has 0 bridgehead atoms. The van der Waals surface area contributed by atoms with Crippen molar-refractivity contribution < 1.29 is 21.9 Å².